The summed E-state index contributed by atoms with van der Waals surface area (Å²) >= 11 is 3.28. The molecule has 7 heteroatoms. The number of rotatable bonds is 1. The number of carbonyl (C=O) groups is 1. The molecule has 98 valence electrons. The molecule has 1 aromatic rings. The Kier molecular flexibility index (Phi) is 3.63. The van der Waals surface area contributed by atoms with Crippen molar-refractivity contribution in [2.75, 3.05) is 18.8 Å². The number of sulfone groups is 1. The third-order valence-electron chi connectivity index (χ3n) is 2.98. The lowest BCUT2D eigenvalue weighted by molar-refractivity contribution is 0.146. The summed E-state index contributed by atoms with van der Waals surface area (Å²) in [5.41, 5.74) is 0.629. The number of halogens is 1. The SMILES string of the molecule is O=C(O)N1CCS(=O)(=O)C(c2ccc(Br)cc2)C1. The van der Waals surface area contributed by atoms with Crippen molar-refractivity contribution in [3.8, 4) is 0 Å². The van der Waals surface area contributed by atoms with Gasteiger partial charge in [0.15, 0.2) is 9.84 Å². The molecule has 0 saturated carbocycles. The first-order chi connectivity index (χ1) is 8.40. The predicted octanol–water partition coefficient (Wildman–Crippen LogP) is 1.90. The fraction of sp³-hybridized carbons (Fsp3) is 0.364. The smallest absolute Gasteiger partial charge is 0.407 e. The Bertz CT molecular complexity index is 555. The van der Waals surface area contributed by atoms with Gasteiger partial charge in [-0.25, -0.2) is 13.2 Å². The largest absolute Gasteiger partial charge is 0.465 e. The monoisotopic (exact) mass is 333 g/mol. The highest BCUT2D eigenvalue weighted by Gasteiger charge is 2.35. The first kappa shape index (κ1) is 13.4. The van der Waals surface area contributed by atoms with Crippen LogP contribution in [0.3, 0.4) is 0 Å². The molecule has 1 saturated heterocycles. The lowest BCUT2D eigenvalue weighted by Gasteiger charge is -2.30. The molecule has 1 N–H and O–H groups in total. The van der Waals surface area contributed by atoms with Crippen LogP contribution in [0.1, 0.15) is 10.8 Å². The molecule has 1 aliphatic rings. The van der Waals surface area contributed by atoms with E-state index in [9.17, 15) is 13.2 Å². The highest BCUT2D eigenvalue weighted by atomic mass is 79.9. The minimum atomic E-state index is -3.28. The van der Waals surface area contributed by atoms with Crippen molar-refractivity contribution < 1.29 is 18.3 Å². The summed E-state index contributed by atoms with van der Waals surface area (Å²) in [7, 11) is -3.28. The summed E-state index contributed by atoms with van der Waals surface area (Å²) in [5, 5.41) is 8.17. The first-order valence-electron chi connectivity index (χ1n) is 5.35. The van der Waals surface area contributed by atoms with Crippen LogP contribution in [0.5, 0.6) is 0 Å². The molecule has 1 aromatic carbocycles. The van der Waals surface area contributed by atoms with Gasteiger partial charge in [-0.15, -0.1) is 0 Å². The van der Waals surface area contributed by atoms with Gasteiger partial charge in [0.2, 0.25) is 0 Å². The van der Waals surface area contributed by atoms with E-state index in [4.69, 9.17) is 5.11 Å². The van der Waals surface area contributed by atoms with Crippen LogP contribution >= 0.6 is 15.9 Å². The van der Waals surface area contributed by atoms with E-state index in [0.29, 0.717) is 5.56 Å². The van der Waals surface area contributed by atoms with Gasteiger partial charge in [0.25, 0.3) is 0 Å². The summed E-state index contributed by atoms with van der Waals surface area (Å²) in [4.78, 5) is 12.1. The Balaban J connectivity index is 2.33. The maximum atomic E-state index is 12.0. The van der Waals surface area contributed by atoms with Gasteiger partial charge in [0, 0.05) is 17.6 Å². The second kappa shape index (κ2) is 4.89. The molecule has 18 heavy (non-hydrogen) atoms. The number of nitrogens with zero attached hydrogens (tertiary/aromatic N) is 1. The Hall–Kier alpha value is -1.08. The van der Waals surface area contributed by atoms with E-state index in [1.54, 1.807) is 24.3 Å². The Morgan fingerprint density at radius 2 is 1.94 bits per heavy atom. The van der Waals surface area contributed by atoms with Gasteiger partial charge in [0.05, 0.1) is 5.75 Å². The van der Waals surface area contributed by atoms with Gasteiger partial charge in [-0.05, 0) is 17.7 Å². The minimum absolute atomic E-state index is 0.000695. The molecule has 1 unspecified atom stereocenters. The van der Waals surface area contributed by atoms with E-state index in [0.717, 1.165) is 9.37 Å². The molecular formula is C11H12BrNO4S. The van der Waals surface area contributed by atoms with Crippen molar-refractivity contribution in [2.45, 2.75) is 5.25 Å². The summed E-state index contributed by atoms with van der Waals surface area (Å²) in [5.74, 6) is -0.125. The van der Waals surface area contributed by atoms with Gasteiger partial charge in [-0.1, -0.05) is 28.1 Å². The fourth-order valence-corrected chi connectivity index (χ4v) is 3.95. The second-order valence-electron chi connectivity index (χ2n) is 4.14. The Labute approximate surface area is 113 Å². The predicted molar refractivity (Wildman–Crippen MR) is 70.3 cm³/mol. The van der Waals surface area contributed by atoms with Crippen LogP contribution in [0.15, 0.2) is 28.7 Å². The van der Waals surface area contributed by atoms with E-state index >= 15 is 0 Å². The molecule has 0 spiro atoms. The van der Waals surface area contributed by atoms with E-state index in [1.807, 2.05) is 0 Å². The summed E-state index contributed by atoms with van der Waals surface area (Å²) in [6, 6.07) is 6.92. The van der Waals surface area contributed by atoms with Crippen LogP contribution in [-0.4, -0.2) is 43.4 Å². The average molecular weight is 334 g/mol. The Morgan fingerprint density at radius 1 is 1.33 bits per heavy atom. The molecule has 1 heterocycles. The number of hydrogen-bond donors (Lipinski definition) is 1. The van der Waals surface area contributed by atoms with E-state index in [2.05, 4.69) is 15.9 Å². The zero-order valence-corrected chi connectivity index (χ0v) is 11.8. The molecule has 0 radical (unpaired) electrons. The summed E-state index contributed by atoms with van der Waals surface area (Å²) in [6.45, 7) is 0.0456. The second-order valence-corrected chi connectivity index (χ2v) is 7.35. The number of benzene rings is 1. The number of hydrogen-bond acceptors (Lipinski definition) is 3. The highest BCUT2D eigenvalue weighted by molar-refractivity contribution is 9.10. The zero-order valence-electron chi connectivity index (χ0n) is 9.41. The molecule has 5 nitrogen and oxygen atoms in total. The third kappa shape index (κ3) is 2.67. The molecule has 0 bridgehead atoms. The topological polar surface area (TPSA) is 74.7 Å². The van der Waals surface area contributed by atoms with Crippen LogP contribution in [0.2, 0.25) is 0 Å². The van der Waals surface area contributed by atoms with E-state index < -0.39 is 21.2 Å². The van der Waals surface area contributed by atoms with Crippen LogP contribution in [0.4, 0.5) is 4.79 Å². The lowest BCUT2D eigenvalue weighted by atomic mass is 10.1. The van der Waals surface area contributed by atoms with Crippen LogP contribution in [-0.2, 0) is 9.84 Å². The van der Waals surface area contributed by atoms with Gasteiger partial charge in [0.1, 0.15) is 5.25 Å². The van der Waals surface area contributed by atoms with E-state index in [1.165, 1.54) is 0 Å². The quantitative estimate of drug-likeness (QED) is 0.851. The van der Waals surface area contributed by atoms with Crippen LogP contribution in [0, 0.1) is 0 Å². The third-order valence-corrected chi connectivity index (χ3v) is 5.55. The summed E-state index contributed by atoms with van der Waals surface area (Å²) < 4.78 is 24.9. The first-order valence-corrected chi connectivity index (χ1v) is 7.86. The zero-order chi connectivity index (χ0) is 13.3. The summed E-state index contributed by atoms with van der Waals surface area (Å²) in [6.07, 6.45) is -1.08. The minimum Gasteiger partial charge on any atom is -0.465 e. The number of carboxylic acid groups (broad SMARTS) is 1. The van der Waals surface area contributed by atoms with Crippen molar-refractivity contribution >= 4 is 31.9 Å². The van der Waals surface area contributed by atoms with Crippen molar-refractivity contribution in [3.05, 3.63) is 34.3 Å². The Morgan fingerprint density at radius 3 is 2.50 bits per heavy atom. The lowest BCUT2D eigenvalue weighted by Crippen LogP contribution is -2.44. The fourth-order valence-electron chi connectivity index (χ4n) is 1.95. The maximum absolute atomic E-state index is 12.0. The molecule has 1 aliphatic heterocycles. The molecule has 0 aliphatic carbocycles. The van der Waals surface area contributed by atoms with Gasteiger partial charge in [-0.3, -0.25) is 0 Å². The molecule has 1 atom stereocenters. The van der Waals surface area contributed by atoms with Crippen molar-refractivity contribution in [2.24, 2.45) is 0 Å². The van der Waals surface area contributed by atoms with Gasteiger partial charge < -0.3 is 10.0 Å². The van der Waals surface area contributed by atoms with Crippen molar-refractivity contribution in [3.63, 3.8) is 0 Å². The number of amides is 1. The van der Waals surface area contributed by atoms with Crippen LogP contribution < -0.4 is 0 Å². The van der Waals surface area contributed by atoms with Crippen molar-refractivity contribution in [1.29, 1.82) is 0 Å². The average Bonchev–Trinajstić information content (AvgIpc) is 2.30. The molecular weight excluding hydrogens is 322 g/mol. The highest BCUT2D eigenvalue weighted by Crippen LogP contribution is 2.28. The van der Waals surface area contributed by atoms with Crippen LogP contribution in [0.25, 0.3) is 0 Å². The van der Waals surface area contributed by atoms with Gasteiger partial charge in [-0.2, -0.15) is 0 Å². The van der Waals surface area contributed by atoms with Crippen molar-refractivity contribution in [1.82, 2.24) is 4.90 Å². The van der Waals surface area contributed by atoms with Gasteiger partial charge >= 0.3 is 6.09 Å². The normalized spacial score (nSPS) is 22.7. The molecule has 2 rings (SSSR count). The maximum Gasteiger partial charge on any atom is 0.407 e. The molecule has 1 fully saturated rings. The van der Waals surface area contributed by atoms with E-state index in [-0.39, 0.29) is 18.8 Å². The molecule has 0 aromatic heterocycles. The standard InChI is InChI=1S/C11H12BrNO4S/c12-9-3-1-8(2-4-9)10-7-13(11(14)15)5-6-18(10,16)17/h1-4,10H,5-7H2,(H,14,15). The molecule has 1 amide bonds.